The summed E-state index contributed by atoms with van der Waals surface area (Å²) in [6.45, 7) is 6.12. The van der Waals surface area contributed by atoms with E-state index >= 15 is 0 Å². The molecule has 3 heterocycles. The molecular weight excluding hydrogens is 450 g/mol. The van der Waals surface area contributed by atoms with Crippen LogP contribution in [0.2, 0.25) is 0 Å². The number of thiophene rings is 1. The fourth-order valence-electron chi connectivity index (χ4n) is 4.14. The van der Waals surface area contributed by atoms with Crippen LogP contribution in [0.3, 0.4) is 0 Å². The van der Waals surface area contributed by atoms with Gasteiger partial charge in [-0.2, -0.15) is 11.3 Å². The summed E-state index contributed by atoms with van der Waals surface area (Å²) in [4.78, 5) is 30.7. The lowest BCUT2D eigenvalue weighted by atomic mass is 9.69. The van der Waals surface area contributed by atoms with Crippen LogP contribution in [0.5, 0.6) is 0 Å². The van der Waals surface area contributed by atoms with Gasteiger partial charge in [-0.25, -0.2) is 4.98 Å². The van der Waals surface area contributed by atoms with Crippen molar-refractivity contribution in [3.05, 3.63) is 67.7 Å². The predicted molar refractivity (Wildman–Crippen MR) is 119 cm³/mol. The number of hydrogen-bond donors (Lipinski definition) is 2. The first-order valence-electron chi connectivity index (χ1n) is 9.44. The zero-order valence-corrected chi connectivity index (χ0v) is 18.9. The normalized spacial score (nSPS) is 21.0. The smallest absolute Gasteiger partial charge is 0.255 e. The number of nitrogens with one attached hydrogen (secondary N) is 2. The molecular formula is C22H22BrN3O2S. The van der Waals surface area contributed by atoms with E-state index in [9.17, 15) is 9.59 Å². The number of ketones is 1. The lowest BCUT2D eigenvalue weighted by molar-refractivity contribution is -0.118. The molecule has 7 heteroatoms. The van der Waals surface area contributed by atoms with Crippen LogP contribution >= 0.6 is 27.3 Å². The van der Waals surface area contributed by atoms with Gasteiger partial charge in [0.25, 0.3) is 5.91 Å². The zero-order chi connectivity index (χ0) is 20.8. The van der Waals surface area contributed by atoms with Gasteiger partial charge in [-0.1, -0.05) is 13.8 Å². The second-order valence-electron chi connectivity index (χ2n) is 8.30. The minimum atomic E-state index is -0.364. The van der Waals surface area contributed by atoms with Gasteiger partial charge in [0, 0.05) is 45.5 Å². The SMILES string of the molecule is CC1=C(C(=O)Nc2ccc(Br)cn2)C(c2ccsc2)C2=C(CC(C)(C)CC2=O)N1. The summed E-state index contributed by atoms with van der Waals surface area (Å²) in [7, 11) is 0. The van der Waals surface area contributed by atoms with Crippen molar-refractivity contribution >= 4 is 44.8 Å². The molecule has 29 heavy (non-hydrogen) atoms. The largest absolute Gasteiger partial charge is 0.362 e. The zero-order valence-electron chi connectivity index (χ0n) is 16.5. The lowest BCUT2D eigenvalue weighted by Gasteiger charge is -2.39. The van der Waals surface area contributed by atoms with Gasteiger partial charge in [0.1, 0.15) is 5.82 Å². The van der Waals surface area contributed by atoms with E-state index in [1.807, 2.05) is 29.8 Å². The third kappa shape index (κ3) is 3.94. The lowest BCUT2D eigenvalue weighted by Crippen LogP contribution is -2.39. The number of nitrogens with zero attached hydrogens (tertiary/aromatic N) is 1. The molecule has 1 aliphatic carbocycles. The average molecular weight is 472 g/mol. The Hall–Kier alpha value is -2.25. The van der Waals surface area contributed by atoms with E-state index in [0.717, 1.165) is 33.4 Å². The highest BCUT2D eigenvalue weighted by Crippen LogP contribution is 2.47. The molecule has 0 saturated heterocycles. The molecule has 0 spiro atoms. The van der Waals surface area contributed by atoms with Crippen LogP contribution in [0.25, 0.3) is 0 Å². The quantitative estimate of drug-likeness (QED) is 0.649. The van der Waals surface area contributed by atoms with Gasteiger partial charge in [0.2, 0.25) is 0 Å². The van der Waals surface area contributed by atoms with E-state index in [1.54, 1.807) is 23.6 Å². The molecule has 1 unspecified atom stereocenters. The van der Waals surface area contributed by atoms with E-state index in [-0.39, 0.29) is 23.0 Å². The molecule has 2 N–H and O–H groups in total. The standard InChI is InChI=1S/C22H22BrN3O2S/c1-12-18(21(28)26-17-5-4-14(23)10-24-17)19(13-6-7-29-11-13)20-15(25-12)8-22(2,3)9-16(20)27/h4-7,10-11,19,25H,8-9H2,1-3H3,(H,24,26,28). The molecule has 0 fully saturated rings. The molecule has 0 saturated carbocycles. The molecule has 4 rings (SSSR count). The highest BCUT2D eigenvalue weighted by molar-refractivity contribution is 9.10. The third-order valence-electron chi connectivity index (χ3n) is 5.33. The highest BCUT2D eigenvalue weighted by atomic mass is 79.9. The summed E-state index contributed by atoms with van der Waals surface area (Å²) >= 11 is 4.92. The Morgan fingerprint density at radius 1 is 1.31 bits per heavy atom. The van der Waals surface area contributed by atoms with E-state index in [2.05, 4.69) is 45.4 Å². The van der Waals surface area contributed by atoms with Crippen LogP contribution in [0.15, 0.2) is 62.2 Å². The Morgan fingerprint density at radius 3 is 2.76 bits per heavy atom. The van der Waals surface area contributed by atoms with Gasteiger partial charge in [0.15, 0.2) is 5.78 Å². The Kier molecular flexibility index (Phi) is 5.21. The number of hydrogen-bond acceptors (Lipinski definition) is 5. The maximum Gasteiger partial charge on any atom is 0.255 e. The van der Waals surface area contributed by atoms with E-state index in [4.69, 9.17) is 0 Å². The van der Waals surface area contributed by atoms with Gasteiger partial charge in [0.05, 0.1) is 0 Å². The van der Waals surface area contributed by atoms with Crippen LogP contribution in [-0.2, 0) is 9.59 Å². The molecule has 1 amide bonds. The third-order valence-corrected chi connectivity index (χ3v) is 6.50. The first kappa shape index (κ1) is 20.0. The molecule has 0 aromatic carbocycles. The van der Waals surface area contributed by atoms with Crippen molar-refractivity contribution in [2.75, 3.05) is 5.32 Å². The number of aromatic nitrogens is 1. The number of dihydropyridines is 1. The minimum Gasteiger partial charge on any atom is -0.362 e. The second kappa shape index (κ2) is 7.54. The number of carbonyl (C=O) groups excluding carboxylic acids is 2. The maximum absolute atomic E-state index is 13.3. The van der Waals surface area contributed by atoms with E-state index in [0.29, 0.717) is 17.8 Å². The number of anilines is 1. The summed E-state index contributed by atoms with van der Waals surface area (Å²) in [6, 6.07) is 5.57. The summed E-state index contributed by atoms with van der Waals surface area (Å²) < 4.78 is 0.839. The molecule has 0 bridgehead atoms. The molecule has 5 nitrogen and oxygen atoms in total. The Labute approximate surface area is 182 Å². The number of amides is 1. The molecule has 1 aliphatic heterocycles. The molecule has 2 aromatic heterocycles. The summed E-state index contributed by atoms with van der Waals surface area (Å²) in [5, 5.41) is 10.3. The molecule has 0 radical (unpaired) electrons. The number of pyridine rings is 1. The number of allylic oxidation sites excluding steroid dienone is 3. The Bertz CT molecular complexity index is 1040. The molecule has 2 aliphatic rings. The van der Waals surface area contributed by atoms with Crippen molar-refractivity contribution in [3.8, 4) is 0 Å². The van der Waals surface area contributed by atoms with Gasteiger partial charge >= 0.3 is 0 Å². The van der Waals surface area contributed by atoms with Crippen molar-refractivity contribution in [3.63, 3.8) is 0 Å². The Balaban J connectivity index is 1.75. The fraction of sp³-hybridized carbons (Fsp3) is 0.318. The van der Waals surface area contributed by atoms with Crippen LogP contribution in [0.1, 0.15) is 45.1 Å². The number of Topliss-reactive ketones (excluding diaryl/α,β-unsaturated/α-hetero) is 1. The van der Waals surface area contributed by atoms with Gasteiger partial charge < -0.3 is 10.6 Å². The predicted octanol–water partition coefficient (Wildman–Crippen LogP) is 5.15. The van der Waals surface area contributed by atoms with Crippen LogP contribution in [0, 0.1) is 5.41 Å². The van der Waals surface area contributed by atoms with Crippen molar-refractivity contribution in [1.29, 1.82) is 0 Å². The number of halogens is 1. The first-order chi connectivity index (χ1) is 13.7. The summed E-state index contributed by atoms with van der Waals surface area (Å²) in [6.07, 6.45) is 2.91. The summed E-state index contributed by atoms with van der Waals surface area (Å²) in [5.74, 6) is -0.0280. The Morgan fingerprint density at radius 2 is 2.10 bits per heavy atom. The van der Waals surface area contributed by atoms with Gasteiger partial charge in [-0.3, -0.25) is 9.59 Å². The maximum atomic E-state index is 13.3. The fourth-order valence-corrected chi connectivity index (χ4v) is 5.06. The van der Waals surface area contributed by atoms with Crippen LogP contribution in [0.4, 0.5) is 5.82 Å². The minimum absolute atomic E-state index is 0.0937. The first-order valence-corrected chi connectivity index (χ1v) is 11.2. The monoisotopic (exact) mass is 471 g/mol. The molecule has 2 aromatic rings. The summed E-state index contributed by atoms with van der Waals surface area (Å²) in [5.41, 5.74) is 3.90. The van der Waals surface area contributed by atoms with Gasteiger partial charge in [-0.05, 0) is 69.2 Å². The topological polar surface area (TPSA) is 71.1 Å². The second-order valence-corrected chi connectivity index (χ2v) is 10.00. The van der Waals surface area contributed by atoms with Crippen LogP contribution < -0.4 is 10.6 Å². The number of rotatable bonds is 3. The van der Waals surface area contributed by atoms with Gasteiger partial charge in [-0.15, -0.1) is 0 Å². The average Bonchev–Trinajstić information content (AvgIpc) is 3.15. The van der Waals surface area contributed by atoms with E-state index < -0.39 is 0 Å². The van der Waals surface area contributed by atoms with Crippen molar-refractivity contribution in [2.45, 2.75) is 39.5 Å². The van der Waals surface area contributed by atoms with Crippen molar-refractivity contribution in [1.82, 2.24) is 10.3 Å². The molecule has 150 valence electrons. The number of carbonyl (C=O) groups is 2. The van der Waals surface area contributed by atoms with Crippen molar-refractivity contribution in [2.24, 2.45) is 5.41 Å². The van der Waals surface area contributed by atoms with Crippen molar-refractivity contribution < 1.29 is 9.59 Å². The van der Waals surface area contributed by atoms with Crippen LogP contribution in [-0.4, -0.2) is 16.7 Å². The highest BCUT2D eigenvalue weighted by Gasteiger charge is 2.42. The van der Waals surface area contributed by atoms with E-state index in [1.165, 1.54) is 0 Å². The molecule has 1 atom stereocenters.